The number of amides is 1. The van der Waals surface area contributed by atoms with Gasteiger partial charge in [-0.3, -0.25) is 4.79 Å². The number of rotatable bonds is 7. The van der Waals surface area contributed by atoms with Crippen molar-refractivity contribution in [1.29, 1.82) is 0 Å². The summed E-state index contributed by atoms with van der Waals surface area (Å²) in [5, 5.41) is 8.31. The Balaban J connectivity index is 1.48. The minimum absolute atomic E-state index is 0.0485. The average molecular weight is 270 g/mol. The number of nitrogens with zero attached hydrogens (tertiary/aromatic N) is 1. The van der Waals surface area contributed by atoms with E-state index in [4.69, 9.17) is 4.74 Å². The molecule has 0 atom stereocenters. The van der Waals surface area contributed by atoms with E-state index in [0.29, 0.717) is 12.4 Å². The highest BCUT2D eigenvalue weighted by atomic mass is 16.5. The molecule has 1 fully saturated rings. The third kappa shape index (κ3) is 5.37. The van der Waals surface area contributed by atoms with Crippen molar-refractivity contribution in [2.45, 2.75) is 6.42 Å². The quantitative estimate of drug-likeness (QED) is 0.477. The van der Waals surface area contributed by atoms with E-state index in [1.54, 1.807) is 11.0 Å². The zero-order chi connectivity index (χ0) is 13.3. The van der Waals surface area contributed by atoms with Crippen LogP contribution in [0.15, 0.2) is 16.9 Å². The molecule has 1 amide bonds. The van der Waals surface area contributed by atoms with Gasteiger partial charge in [0.2, 0.25) is 0 Å². The molecular formula is C12H22N4O3+2. The molecular weight excluding hydrogens is 248 g/mol. The molecule has 0 unspecified atom stereocenters. The first-order valence-electron chi connectivity index (χ1n) is 6.78. The standard InChI is InChI=1S/C12H20N4O3/c17-12(14-11-2-7-19-15-11)10-13-3-1-4-16-5-8-18-9-6-16/h2,7,13H,1,3-6,8-10H2,(H,14,15,17)/p+2. The van der Waals surface area contributed by atoms with E-state index in [2.05, 4.69) is 15.0 Å². The molecule has 1 aliphatic rings. The third-order valence-electron chi connectivity index (χ3n) is 3.17. The number of nitrogens with one attached hydrogen (secondary N) is 2. The number of anilines is 1. The van der Waals surface area contributed by atoms with Crippen LogP contribution >= 0.6 is 0 Å². The van der Waals surface area contributed by atoms with E-state index in [9.17, 15) is 4.79 Å². The number of carbonyl (C=O) groups is 1. The number of hydrogen-bond donors (Lipinski definition) is 3. The normalized spacial score (nSPS) is 16.4. The van der Waals surface area contributed by atoms with Crippen LogP contribution in [-0.4, -0.2) is 57.0 Å². The Morgan fingerprint density at radius 2 is 2.32 bits per heavy atom. The second-order valence-corrected chi connectivity index (χ2v) is 4.68. The monoisotopic (exact) mass is 270 g/mol. The summed E-state index contributed by atoms with van der Waals surface area (Å²) in [4.78, 5) is 13.1. The largest absolute Gasteiger partial charge is 0.370 e. The summed E-state index contributed by atoms with van der Waals surface area (Å²) in [6.07, 6.45) is 2.55. The fourth-order valence-electron chi connectivity index (χ4n) is 2.11. The lowest BCUT2D eigenvalue weighted by Crippen LogP contribution is -3.14. The molecule has 0 saturated carbocycles. The van der Waals surface area contributed by atoms with Gasteiger partial charge in [-0.05, 0) is 0 Å². The summed E-state index contributed by atoms with van der Waals surface area (Å²) < 4.78 is 9.95. The van der Waals surface area contributed by atoms with Gasteiger partial charge in [-0.1, -0.05) is 5.16 Å². The molecule has 2 rings (SSSR count). The zero-order valence-corrected chi connectivity index (χ0v) is 11.1. The first kappa shape index (κ1) is 14.0. The van der Waals surface area contributed by atoms with E-state index < -0.39 is 0 Å². The van der Waals surface area contributed by atoms with Gasteiger partial charge in [-0.15, -0.1) is 0 Å². The van der Waals surface area contributed by atoms with E-state index in [1.165, 1.54) is 6.26 Å². The van der Waals surface area contributed by atoms with Crippen molar-refractivity contribution in [2.75, 3.05) is 51.3 Å². The molecule has 7 heteroatoms. The topological polar surface area (TPSA) is 85.4 Å². The van der Waals surface area contributed by atoms with Crippen LogP contribution in [0.2, 0.25) is 0 Å². The van der Waals surface area contributed by atoms with Gasteiger partial charge >= 0.3 is 0 Å². The fourth-order valence-corrected chi connectivity index (χ4v) is 2.11. The van der Waals surface area contributed by atoms with E-state index in [1.807, 2.05) is 5.32 Å². The summed E-state index contributed by atoms with van der Waals surface area (Å²) >= 11 is 0. The van der Waals surface area contributed by atoms with Gasteiger partial charge in [-0.2, -0.15) is 0 Å². The van der Waals surface area contributed by atoms with E-state index in [0.717, 1.165) is 45.8 Å². The molecule has 0 radical (unpaired) electrons. The summed E-state index contributed by atoms with van der Waals surface area (Å²) in [5.41, 5.74) is 0. The van der Waals surface area contributed by atoms with Crippen LogP contribution in [0.1, 0.15) is 6.42 Å². The minimum atomic E-state index is -0.0485. The van der Waals surface area contributed by atoms with Crippen LogP contribution < -0.4 is 15.5 Å². The van der Waals surface area contributed by atoms with Crippen LogP contribution in [0.5, 0.6) is 0 Å². The number of carbonyl (C=O) groups excluding carboxylic acids is 1. The molecule has 106 valence electrons. The summed E-state index contributed by atoms with van der Waals surface area (Å²) in [7, 11) is 0. The molecule has 2 heterocycles. The Hall–Kier alpha value is -1.44. The van der Waals surface area contributed by atoms with Gasteiger partial charge in [-0.25, -0.2) is 0 Å². The average Bonchev–Trinajstić information content (AvgIpc) is 2.92. The molecule has 19 heavy (non-hydrogen) atoms. The molecule has 7 nitrogen and oxygen atoms in total. The summed E-state index contributed by atoms with van der Waals surface area (Å²) in [6, 6.07) is 1.62. The molecule has 1 aromatic heterocycles. The van der Waals surface area contributed by atoms with Crippen LogP contribution in [-0.2, 0) is 9.53 Å². The number of morpholine rings is 1. The van der Waals surface area contributed by atoms with Crippen molar-refractivity contribution in [3.8, 4) is 0 Å². The Kier molecular flexibility index (Phi) is 5.80. The van der Waals surface area contributed by atoms with Crippen molar-refractivity contribution < 1.29 is 24.3 Å². The molecule has 1 aliphatic heterocycles. The highest BCUT2D eigenvalue weighted by molar-refractivity contribution is 5.90. The maximum atomic E-state index is 11.5. The number of aromatic nitrogens is 1. The maximum Gasteiger partial charge on any atom is 0.280 e. The molecule has 0 spiro atoms. The van der Waals surface area contributed by atoms with Crippen molar-refractivity contribution in [1.82, 2.24) is 5.16 Å². The molecule has 1 saturated heterocycles. The Morgan fingerprint density at radius 3 is 3.05 bits per heavy atom. The second kappa shape index (κ2) is 7.88. The Morgan fingerprint density at radius 1 is 1.47 bits per heavy atom. The van der Waals surface area contributed by atoms with Gasteiger partial charge in [0.1, 0.15) is 19.4 Å². The predicted molar refractivity (Wildman–Crippen MR) is 67.8 cm³/mol. The highest BCUT2D eigenvalue weighted by Crippen LogP contribution is 1.99. The first-order valence-corrected chi connectivity index (χ1v) is 6.78. The van der Waals surface area contributed by atoms with Crippen LogP contribution in [0.4, 0.5) is 5.82 Å². The SMILES string of the molecule is O=C(C[NH2+]CCC[NH+]1CCOCC1)Nc1ccon1. The number of ether oxygens (including phenoxy) is 1. The summed E-state index contributed by atoms with van der Waals surface area (Å²) in [5.74, 6) is 0.420. The lowest BCUT2D eigenvalue weighted by molar-refractivity contribution is -0.909. The zero-order valence-electron chi connectivity index (χ0n) is 11.1. The third-order valence-corrected chi connectivity index (χ3v) is 3.17. The van der Waals surface area contributed by atoms with Crippen LogP contribution in [0.25, 0.3) is 0 Å². The molecule has 4 N–H and O–H groups in total. The van der Waals surface area contributed by atoms with Gasteiger partial charge in [0.15, 0.2) is 12.4 Å². The van der Waals surface area contributed by atoms with Crippen LogP contribution in [0.3, 0.4) is 0 Å². The Bertz CT molecular complexity index is 363. The Labute approximate surface area is 112 Å². The molecule has 1 aromatic rings. The second-order valence-electron chi connectivity index (χ2n) is 4.68. The van der Waals surface area contributed by atoms with E-state index in [-0.39, 0.29) is 5.91 Å². The number of hydrogen-bond acceptors (Lipinski definition) is 4. The lowest BCUT2D eigenvalue weighted by Gasteiger charge is -2.23. The molecule has 0 aromatic carbocycles. The smallest absolute Gasteiger partial charge is 0.280 e. The first-order chi connectivity index (χ1) is 9.34. The number of quaternary nitrogens is 2. The van der Waals surface area contributed by atoms with E-state index >= 15 is 0 Å². The van der Waals surface area contributed by atoms with Crippen molar-refractivity contribution in [3.05, 3.63) is 12.3 Å². The highest BCUT2D eigenvalue weighted by Gasteiger charge is 2.13. The number of nitrogens with two attached hydrogens (primary N) is 1. The predicted octanol–water partition coefficient (Wildman–Crippen LogP) is -2.52. The van der Waals surface area contributed by atoms with Gasteiger partial charge in [0.05, 0.1) is 26.3 Å². The van der Waals surface area contributed by atoms with Gasteiger partial charge < -0.3 is 24.8 Å². The van der Waals surface area contributed by atoms with Crippen molar-refractivity contribution >= 4 is 11.7 Å². The van der Waals surface area contributed by atoms with Crippen molar-refractivity contribution in [3.63, 3.8) is 0 Å². The van der Waals surface area contributed by atoms with Crippen molar-refractivity contribution in [2.24, 2.45) is 0 Å². The van der Waals surface area contributed by atoms with Crippen LogP contribution in [0, 0.1) is 0 Å². The minimum Gasteiger partial charge on any atom is -0.370 e. The lowest BCUT2D eigenvalue weighted by atomic mass is 10.3. The maximum absolute atomic E-state index is 11.5. The van der Waals surface area contributed by atoms with Gasteiger partial charge in [0.25, 0.3) is 5.91 Å². The van der Waals surface area contributed by atoms with Gasteiger partial charge in [0, 0.05) is 12.5 Å². The molecule has 0 aliphatic carbocycles. The molecule has 0 bridgehead atoms. The fraction of sp³-hybridized carbons (Fsp3) is 0.667. The summed E-state index contributed by atoms with van der Waals surface area (Å²) in [6.45, 7) is 6.50.